The molecule has 0 heterocycles. The van der Waals surface area contributed by atoms with E-state index >= 15 is 0 Å². The van der Waals surface area contributed by atoms with Gasteiger partial charge in [-0.3, -0.25) is 4.79 Å². The van der Waals surface area contributed by atoms with E-state index in [4.69, 9.17) is 11.6 Å². The number of benzene rings is 2. The van der Waals surface area contributed by atoms with E-state index in [2.05, 4.69) is 0 Å². The van der Waals surface area contributed by atoms with Gasteiger partial charge in [-0.2, -0.15) is 0 Å². The fourth-order valence-corrected chi connectivity index (χ4v) is 2.31. The zero-order valence-corrected chi connectivity index (χ0v) is 11.6. The van der Waals surface area contributed by atoms with E-state index in [9.17, 15) is 9.18 Å². The monoisotopic (exact) mass is 276 g/mol. The molecule has 0 aliphatic rings. The third kappa shape index (κ3) is 3.21. The van der Waals surface area contributed by atoms with E-state index in [1.807, 2.05) is 25.1 Å². The molecule has 0 N–H and O–H groups in total. The average molecular weight is 277 g/mol. The summed E-state index contributed by atoms with van der Waals surface area (Å²) in [5.41, 5.74) is 3.03. The van der Waals surface area contributed by atoms with Crippen LogP contribution in [-0.4, -0.2) is 5.78 Å². The van der Waals surface area contributed by atoms with Gasteiger partial charge in [-0.15, -0.1) is 0 Å². The van der Waals surface area contributed by atoms with Crippen LogP contribution in [-0.2, 0) is 6.42 Å². The van der Waals surface area contributed by atoms with E-state index in [-0.39, 0.29) is 18.0 Å². The van der Waals surface area contributed by atoms with Crippen molar-refractivity contribution in [3.05, 3.63) is 69.5 Å². The lowest BCUT2D eigenvalue weighted by molar-refractivity contribution is 0.0992. The molecule has 0 aliphatic heterocycles. The normalized spacial score (nSPS) is 10.5. The summed E-state index contributed by atoms with van der Waals surface area (Å²) >= 11 is 6.11. The molecule has 98 valence electrons. The minimum atomic E-state index is -0.331. The molecule has 0 spiro atoms. The second-order valence-corrected chi connectivity index (χ2v) is 5.06. The van der Waals surface area contributed by atoms with Crippen molar-refractivity contribution >= 4 is 17.4 Å². The summed E-state index contributed by atoms with van der Waals surface area (Å²) in [5, 5.41) is 0.591. The number of Topliss-reactive ketones (excluding diaryl/α,β-unsaturated/α-hetero) is 1. The van der Waals surface area contributed by atoms with Crippen LogP contribution in [0.1, 0.15) is 27.0 Å². The molecule has 0 fully saturated rings. The van der Waals surface area contributed by atoms with Crippen LogP contribution in [0.5, 0.6) is 0 Å². The molecule has 0 aromatic heterocycles. The average Bonchev–Trinajstić information content (AvgIpc) is 2.32. The molecule has 0 saturated heterocycles. The highest BCUT2D eigenvalue weighted by Gasteiger charge is 2.12. The van der Waals surface area contributed by atoms with Crippen LogP contribution >= 0.6 is 11.6 Å². The van der Waals surface area contributed by atoms with Gasteiger partial charge in [-0.05, 0) is 54.8 Å². The maximum Gasteiger partial charge on any atom is 0.167 e. The van der Waals surface area contributed by atoms with Gasteiger partial charge in [0.1, 0.15) is 5.82 Å². The first-order chi connectivity index (χ1) is 8.97. The Morgan fingerprint density at radius 2 is 1.89 bits per heavy atom. The lowest BCUT2D eigenvalue weighted by atomic mass is 9.98. The molecular formula is C16H14ClFO. The van der Waals surface area contributed by atoms with Crippen LogP contribution in [0.2, 0.25) is 5.02 Å². The standard InChI is InChI=1S/C16H14ClFO/c1-10-3-4-12(15(17)7-10)9-16(19)14-6-5-13(18)8-11(14)2/h3-8H,9H2,1-2H3. The molecular weight excluding hydrogens is 263 g/mol. The summed E-state index contributed by atoms with van der Waals surface area (Å²) in [5.74, 6) is -0.384. The van der Waals surface area contributed by atoms with Crippen molar-refractivity contribution in [2.24, 2.45) is 0 Å². The molecule has 0 saturated carbocycles. The summed E-state index contributed by atoms with van der Waals surface area (Å²) in [6.45, 7) is 3.68. The van der Waals surface area contributed by atoms with Gasteiger partial charge >= 0.3 is 0 Å². The SMILES string of the molecule is Cc1ccc(CC(=O)c2ccc(F)cc2C)c(Cl)c1. The highest BCUT2D eigenvalue weighted by Crippen LogP contribution is 2.20. The largest absolute Gasteiger partial charge is 0.294 e. The predicted octanol–water partition coefficient (Wildman–Crippen LogP) is 4.52. The van der Waals surface area contributed by atoms with Crippen molar-refractivity contribution in [3.8, 4) is 0 Å². The Labute approximate surface area is 117 Å². The Morgan fingerprint density at radius 1 is 1.16 bits per heavy atom. The molecule has 2 aromatic carbocycles. The zero-order chi connectivity index (χ0) is 14.0. The predicted molar refractivity (Wildman–Crippen MR) is 75.4 cm³/mol. The Balaban J connectivity index is 2.25. The Bertz CT molecular complexity index is 635. The van der Waals surface area contributed by atoms with Crippen molar-refractivity contribution < 1.29 is 9.18 Å². The second-order valence-electron chi connectivity index (χ2n) is 4.65. The van der Waals surface area contributed by atoms with Crippen molar-refractivity contribution in [1.29, 1.82) is 0 Å². The third-order valence-electron chi connectivity index (χ3n) is 3.05. The molecule has 0 aliphatic carbocycles. The molecule has 19 heavy (non-hydrogen) atoms. The quantitative estimate of drug-likeness (QED) is 0.753. The van der Waals surface area contributed by atoms with Gasteiger partial charge < -0.3 is 0 Å². The van der Waals surface area contributed by atoms with Crippen LogP contribution in [0.3, 0.4) is 0 Å². The first kappa shape index (κ1) is 13.8. The van der Waals surface area contributed by atoms with E-state index in [1.54, 1.807) is 6.92 Å². The van der Waals surface area contributed by atoms with Gasteiger partial charge in [0.05, 0.1) is 0 Å². The fourth-order valence-electron chi connectivity index (χ4n) is 2.00. The summed E-state index contributed by atoms with van der Waals surface area (Å²) in [4.78, 5) is 12.2. The molecule has 0 unspecified atom stereocenters. The van der Waals surface area contributed by atoms with Gasteiger partial charge in [-0.1, -0.05) is 23.7 Å². The lowest BCUT2D eigenvalue weighted by Gasteiger charge is -2.07. The minimum Gasteiger partial charge on any atom is -0.294 e. The topological polar surface area (TPSA) is 17.1 Å². The first-order valence-electron chi connectivity index (χ1n) is 6.02. The van der Waals surface area contributed by atoms with E-state index in [0.29, 0.717) is 16.1 Å². The highest BCUT2D eigenvalue weighted by molar-refractivity contribution is 6.31. The maximum atomic E-state index is 13.0. The van der Waals surface area contributed by atoms with Crippen LogP contribution < -0.4 is 0 Å². The Hall–Kier alpha value is -1.67. The smallest absolute Gasteiger partial charge is 0.167 e. The lowest BCUT2D eigenvalue weighted by Crippen LogP contribution is -2.06. The van der Waals surface area contributed by atoms with Gasteiger partial charge in [0, 0.05) is 17.0 Å². The van der Waals surface area contributed by atoms with Crippen LogP contribution in [0.15, 0.2) is 36.4 Å². The van der Waals surface area contributed by atoms with Crippen LogP contribution in [0.4, 0.5) is 4.39 Å². The minimum absolute atomic E-state index is 0.0525. The van der Waals surface area contributed by atoms with Crippen molar-refractivity contribution in [3.63, 3.8) is 0 Å². The number of hydrogen-bond acceptors (Lipinski definition) is 1. The zero-order valence-electron chi connectivity index (χ0n) is 10.8. The highest BCUT2D eigenvalue weighted by atomic mass is 35.5. The van der Waals surface area contributed by atoms with Gasteiger partial charge in [0.2, 0.25) is 0 Å². The summed E-state index contributed by atoms with van der Waals surface area (Å²) < 4.78 is 13.0. The fraction of sp³-hybridized carbons (Fsp3) is 0.188. The van der Waals surface area contributed by atoms with Crippen LogP contribution in [0, 0.1) is 19.7 Å². The molecule has 2 aromatic rings. The summed E-state index contributed by atoms with van der Waals surface area (Å²) in [6.07, 6.45) is 0.228. The van der Waals surface area contributed by atoms with E-state index < -0.39 is 0 Å². The summed E-state index contributed by atoms with van der Waals surface area (Å²) in [6, 6.07) is 9.80. The number of carbonyl (C=O) groups excluding carboxylic acids is 1. The molecule has 0 amide bonds. The number of ketones is 1. The second kappa shape index (κ2) is 5.54. The molecule has 3 heteroatoms. The summed E-state index contributed by atoms with van der Waals surface area (Å²) in [7, 11) is 0. The molecule has 0 atom stereocenters. The third-order valence-corrected chi connectivity index (χ3v) is 3.40. The van der Waals surface area contributed by atoms with Crippen LogP contribution in [0.25, 0.3) is 0 Å². The molecule has 2 rings (SSSR count). The number of aryl methyl sites for hydroxylation is 2. The number of halogens is 2. The molecule has 0 bridgehead atoms. The van der Waals surface area contributed by atoms with Crippen molar-refractivity contribution in [1.82, 2.24) is 0 Å². The molecule has 0 radical (unpaired) electrons. The van der Waals surface area contributed by atoms with E-state index in [0.717, 1.165) is 11.1 Å². The molecule has 1 nitrogen and oxygen atoms in total. The van der Waals surface area contributed by atoms with Gasteiger partial charge in [0.15, 0.2) is 5.78 Å². The Kier molecular flexibility index (Phi) is 4.01. The first-order valence-corrected chi connectivity index (χ1v) is 6.39. The van der Waals surface area contributed by atoms with E-state index in [1.165, 1.54) is 18.2 Å². The van der Waals surface area contributed by atoms with Gasteiger partial charge in [-0.25, -0.2) is 4.39 Å². The number of hydrogen-bond donors (Lipinski definition) is 0. The number of rotatable bonds is 3. The van der Waals surface area contributed by atoms with Crippen molar-refractivity contribution in [2.45, 2.75) is 20.3 Å². The Morgan fingerprint density at radius 3 is 2.53 bits per heavy atom. The maximum absolute atomic E-state index is 13.0. The van der Waals surface area contributed by atoms with Gasteiger partial charge in [0.25, 0.3) is 0 Å². The van der Waals surface area contributed by atoms with Crippen molar-refractivity contribution in [2.75, 3.05) is 0 Å². The number of carbonyl (C=O) groups is 1.